The van der Waals surface area contributed by atoms with Gasteiger partial charge in [0.15, 0.2) is 0 Å². The van der Waals surface area contributed by atoms with E-state index in [1.54, 1.807) is 0 Å². The maximum atomic E-state index is 8.66. The van der Waals surface area contributed by atoms with E-state index >= 15 is 0 Å². The van der Waals surface area contributed by atoms with E-state index in [9.17, 15) is 0 Å². The normalized spacial score (nSPS) is 14.2. The van der Waals surface area contributed by atoms with E-state index in [1.807, 2.05) is 0 Å². The van der Waals surface area contributed by atoms with E-state index in [-0.39, 0.29) is 6.61 Å². The molecule has 17 heavy (non-hydrogen) atoms. The molecule has 0 spiro atoms. The van der Waals surface area contributed by atoms with Gasteiger partial charge < -0.3 is 15.2 Å². The summed E-state index contributed by atoms with van der Waals surface area (Å²) in [5, 5.41) is 12.0. The second-order valence-corrected chi connectivity index (χ2v) is 4.47. The third-order valence-corrected chi connectivity index (χ3v) is 3.08. The van der Waals surface area contributed by atoms with Crippen LogP contribution in [0.4, 0.5) is 0 Å². The molecule has 0 radical (unpaired) electrons. The molecule has 1 aromatic rings. The van der Waals surface area contributed by atoms with E-state index < -0.39 is 0 Å². The highest BCUT2D eigenvalue weighted by molar-refractivity contribution is 5.38. The highest BCUT2D eigenvalue weighted by Gasteiger charge is 2.09. The van der Waals surface area contributed by atoms with Crippen LogP contribution in [0.5, 0.6) is 5.75 Å². The molecule has 1 aromatic carbocycles. The Labute approximate surface area is 103 Å². The van der Waals surface area contributed by atoms with Crippen LogP contribution in [0.2, 0.25) is 0 Å². The summed E-state index contributed by atoms with van der Waals surface area (Å²) in [6, 6.07) is 6.51. The first kappa shape index (κ1) is 12.4. The molecule has 1 aliphatic heterocycles. The zero-order valence-corrected chi connectivity index (χ0v) is 10.2. The van der Waals surface area contributed by atoms with Crippen molar-refractivity contribution in [2.75, 3.05) is 26.3 Å². The van der Waals surface area contributed by atoms with Gasteiger partial charge >= 0.3 is 0 Å². The van der Waals surface area contributed by atoms with Gasteiger partial charge in [-0.2, -0.15) is 0 Å². The smallest absolute Gasteiger partial charge is 0.122 e. The number of ether oxygens (including phenoxy) is 1. The van der Waals surface area contributed by atoms with Crippen molar-refractivity contribution in [1.29, 1.82) is 0 Å². The summed E-state index contributed by atoms with van der Waals surface area (Å²) >= 11 is 0. The quantitative estimate of drug-likeness (QED) is 0.735. The summed E-state index contributed by atoms with van der Waals surface area (Å²) in [6.45, 7) is 2.99. The highest BCUT2D eigenvalue weighted by Crippen LogP contribution is 2.25. The average molecular weight is 235 g/mol. The minimum Gasteiger partial charge on any atom is -0.493 e. The molecule has 0 amide bonds. The van der Waals surface area contributed by atoms with Crippen molar-refractivity contribution < 1.29 is 9.84 Å². The molecule has 0 atom stereocenters. The number of aliphatic hydroxyl groups is 1. The van der Waals surface area contributed by atoms with Crippen LogP contribution in [0.3, 0.4) is 0 Å². The van der Waals surface area contributed by atoms with Crippen molar-refractivity contribution in [2.24, 2.45) is 0 Å². The Morgan fingerprint density at radius 2 is 2.24 bits per heavy atom. The maximum absolute atomic E-state index is 8.66. The van der Waals surface area contributed by atoms with Gasteiger partial charge in [-0.25, -0.2) is 0 Å². The van der Waals surface area contributed by atoms with Gasteiger partial charge in [-0.05, 0) is 56.0 Å². The lowest BCUT2D eigenvalue weighted by molar-refractivity contribution is 0.286. The number of benzene rings is 1. The topological polar surface area (TPSA) is 41.5 Å². The predicted octanol–water partition coefficient (Wildman–Crippen LogP) is 1.53. The van der Waals surface area contributed by atoms with Crippen LogP contribution < -0.4 is 10.1 Å². The van der Waals surface area contributed by atoms with E-state index in [0.29, 0.717) is 0 Å². The van der Waals surface area contributed by atoms with Crippen molar-refractivity contribution in [3.05, 3.63) is 29.3 Å². The Morgan fingerprint density at radius 3 is 3.12 bits per heavy atom. The SMILES string of the molecule is OCCCNCCc1ccc2c(c1)CCCO2. The van der Waals surface area contributed by atoms with Crippen molar-refractivity contribution in [2.45, 2.75) is 25.7 Å². The van der Waals surface area contributed by atoms with Crippen LogP contribution in [-0.2, 0) is 12.8 Å². The molecule has 0 aromatic heterocycles. The van der Waals surface area contributed by atoms with E-state index in [4.69, 9.17) is 9.84 Å². The number of hydrogen-bond donors (Lipinski definition) is 2. The molecule has 0 fully saturated rings. The Bertz CT molecular complexity index is 352. The lowest BCUT2D eigenvalue weighted by Crippen LogP contribution is -2.19. The Morgan fingerprint density at radius 1 is 1.29 bits per heavy atom. The molecule has 94 valence electrons. The number of nitrogens with one attached hydrogen (secondary N) is 1. The fraction of sp³-hybridized carbons (Fsp3) is 0.571. The Hall–Kier alpha value is -1.06. The van der Waals surface area contributed by atoms with Crippen LogP contribution >= 0.6 is 0 Å². The molecular weight excluding hydrogens is 214 g/mol. The van der Waals surface area contributed by atoms with Crippen LogP contribution in [0.15, 0.2) is 18.2 Å². The van der Waals surface area contributed by atoms with E-state index in [2.05, 4.69) is 23.5 Å². The van der Waals surface area contributed by atoms with Gasteiger partial charge in [-0.15, -0.1) is 0 Å². The summed E-state index contributed by atoms with van der Waals surface area (Å²) in [6.07, 6.45) is 4.14. The molecule has 0 bridgehead atoms. The zero-order valence-electron chi connectivity index (χ0n) is 10.2. The van der Waals surface area contributed by atoms with Crippen LogP contribution in [0.25, 0.3) is 0 Å². The van der Waals surface area contributed by atoms with Crippen LogP contribution in [0, 0.1) is 0 Å². The summed E-state index contributed by atoms with van der Waals surface area (Å²) in [5.41, 5.74) is 2.72. The third kappa shape index (κ3) is 3.72. The standard InChI is InChI=1S/C14H21NO2/c16-9-2-7-15-8-6-12-4-5-14-13(11-12)3-1-10-17-14/h4-5,11,15-16H,1-3,6-10H2. The molecule has 0 unspecified atom stereocenters. The molecule has 0 saturated carbocycles. The minimum absolute atomic E-state index is 0.267. The maximum Gasteiger partial charge on any atom is 0.122 e. The second kappa shape index (κ2) is 6.62. The van der Waals surface area contributed by atoms with Gasteiger partial charge in [0.1, 0.15) is 5.75 Å². The monoisotopic (exact) mass is 235 g/mol. The van der Waals surface area contributed by atoms with Crippen LogP contribution in [0.1, 0.15) is 24.0 Å². The second-order valence-electron chi connectivity index (χ2n) is 4.47. The minimum atomic E-state index is 0.267. The van der Waals surface area contributed by atoms with Crippen molar-refractivity contribution in [3.8, 4) is 5.75 Å². The lowest BCUT2D eigenvalue weighted by Gasteiger charge is -2.17. The molecule has 0 aliphatic carbocycles. The number of aryl methyl sites for hydroxylation is 1. The number of aliphatic hydroxyl groups excluding tert-OH is 1. The summed E-state index contributed by atoms with van der Waals surface area (Å²) in [7, 11) is 0. The molecule has 3 nitrogen and oxygen atoms in total. The van der Waals surface area contributed by atoms with Crippen molar-refractivity contribution in [3.63, 3.8) is 0 Å². The highest BCUT2D eigenvalue weighted by atomic mass is 16.5. The number of rotatable bonds is 6. The molecular formula is C14H21NO2. The fourth-order valence-electron chi connectivity index (χ4n) is 2.13. The Balaban J connectivity index is 1.81. The first-order valence-electron chi connectivity index (χ1n) is 6.46. The van der Waals surface area contributed by atoms with Gasteiger partial charge in [-0.3, -0.25) is 0 Å². The molecule has 1 aliphatic rings. The Kier molecular flexibility index (Phi) is 4.83. The fourth-order valence-corrected chi connectivity index (χ4v) is 2.13. The number of fused-ring (bicyclic) bond motifs is 1. The average Bonchev–Trinajstić information content (AvgIpc) is 2.38. The zero-order chi connectivity index (χ0) is 11.9. The predicted molar refractivity (Wildman–Crippen MR) is 68.5 cm³/mol. The van der Waals surface area contributed by atoms with E-state index in [0.717, 1.165) is 51.1 Å². The molecule has 1 heterocycles. The van der Waals surface area contributed by atoms with Gasteiger partial charge in [0.05, 0.1) is 6.61 Å². The van der Waals surface area contributed by atoms with Gasteiger partial charge in [0, 0.05) is 6.61 Å². The first-order chi connectivity index (χ1) is 8.40. The van der Waals surface area contributed by atoms with Crippen molar-refractivity contribution in [1.82, 2.24) is 5.32 Å². The van der Waals surface area contributed by atoms with Crippen molar-refractivity contribution >= 4 is 0 Å². The van der Waals surface area contributed by atoms with E-state index in [1.165, 1.54) is 11.1 Å². The largest absolute Gasteiger partial charge is 0.493 e. The summed E-state index contributed by atoms with van der Waals surface area (Å²) in [4.78, 5) is 0. The molecule has 0 saturated heterocycles. The number of hydrogen-bond acceptors (Lipinski definition) is 3. The third-order valence-electron chi connectivity index (χ3n) is 3.08. The lowest BCUT2D eigenvalue weighted by atomic mass is 10.0. The molecule has 2 rings (SSSR count). The first-order valence-corrected chi connectivity index (χ1v) is 6.46. The van der Waals surface area contributed by atoms with Gasteiger partial charge in [0.2, 0.25) is 0 Å². The van der Waals surface area contributed by atoms with Gasteiger partial charge in [0.25, 0.3) is 0 Å². The van der Waals surface area contributed by atoms with Crippen LogP contribution in [-0.4, -0.2) is 31.4 Å². The summed E-state index contributed by atoms with van der Waals surface area (Å²) < 4.78 is 5.59. The van der Waals surface area contributed by atoms with Gasteiger partial charge in [-0.1, -0.05) is 12.1 Å². The molecule has 2 N–H and O–H groups in total. The summed E-state index contributed by atoms with van der Waals surface area (Å²) in [5.74, 6) is 1.06. The molecule has 3 heteroatoms.